The van der Waals surface area contributed by atoms with Gasteiger partial charge in [-0.1, -0.05) is 43.5 Å². The fourth-order valence-electron chi connectivity index (χ4n) is 2.06. The lowest BCUT2D eigenvalue weighted by Crippen LogP contribution is -2.45. The van der Waals surface area contributed by atoms with Gasteiger partial charge >= 0.3 is 0 Å². The van der Waals surface area contributed by atoms with Crippen molar-refractivity contribution < 1.29 is 4.79 Å². The maximum atomic E-state index is 12.5. The summed E-state index contributed by atoms with van der Waals surface area (Å²) < 4.78 is 0.889. The van der Waals surface area contributed by atoms with Gasteiger partial charge < -0.3 is 4.90 Å². The first-order chi connectivity index (χ1) is 8.63. The van der Waals surface area contributed by atoms with Crippen molar-refractivity contribution >= 4 is 49.4 Å². The molecule has 0 unspecified atom stereocenters. The number of benzene rings is 1. The molecule has 0 saturated heterocycles. The third-order valence-corrected chi connectivity index (χ3v) is 4.42. The van der Waals surface area contributed by atoms with Gasteiger partial charge in [0.25, 0.3) is 5.91 Å². The van der Waals surface area contributed by atoms with Gasteiger partial charge in [0, 0.05) is 22.4 Å². The van der Waals surface area contributed by atoms with Crippen molar-refractivity contribution in [2.45, 2.75) is 25.3 Å². The predicted molar refractivity (Wildman–Crippen MR) is 81.6 cm³/mol. The normalized spacial score (nSPS) is 15.3. The summed E-state index contributed by atoms with van der Waals surface area (Å²) in [5.41, 5.74) is 0.590. The molecule has 0 atom stereocenters. The third-order valence-electron chi connectivity index (χ3n) is 3.26. The molecule has 0 bridgehead atoms. The van der Waals surface area contributed by atoms with E-state index < -0.39 is 0 Å². The predicted octanol–water partition coefficient (Wildman–Crippen LogP) is 4.49. The third kappa shape index (κ3) is 3.09. The summed E-state index contributed by atoms with van der Waals surface area (Å²) >= 11 is 12.9. The quantitative estimate of drug-likeness (QED) is 0.688. The molecule has 18 heavy (non-hydrogen) atoms. The van der Waals surface area contributed by atoms with Crippen LogP contribution in [-0.2, 0) is 0 Å². The molecule has 1 amide bonds. The molecule has 0 heterocycles. The summed E-state index contributed by atoms with van der Waals surface area (Å²) in [6, 6.07) is 5.79. The van der Waals surface area contributed by atoms with E-state index in [0.717, 1.165) is 29.2 Å². The number of hydrogen-bond donors (Lipinski definition) is 0. The summed E-state index contributed by atoms with van der Waals surface area (Å²) in [5, 5.41) is 1.30. The van der Waals surface area contributed by atoms with E-state index in [1.165, 1.54) is 6.42 Å². The Hall–Kier alpha value is -0.0600. The van der Waals surface area contributed by atoms with Crippen LogP contribution >= 0.6 is 43.5 Å². The van der Waals surface area contributed by atoms with Gasteiger partial charge in [-0.15, -0.1) is 0 Å². The lowest BCUT2D eigenvalue weighted by Gasteiger charge is -2.37. The first-order valence-electron chi connectivity index (χ1n) is 5.95. The van der Waals surface area contributed by atoms with E-state index in [2.05, 4.69) is 31.9 Å². The highest BCUT2D eigenvalue weighted by Crippen LogP contribution is 2.29. The van der Waals surface area contributed by atoms with Crippen LogP contribution in [0.5, 0.6) is 0 Å². The van der Waals surface area contributed by atoms with Crippen LogP contribution in [0.4, 0.5) is 0 Å². The topological polar surface area (TPSA) is 20.3 Å². The molecule has 98 valence electrons. The molecule has 2 nitrogen and oxygen atoms in total. The molecule has 1 aliphatic carbocycles. The molecule has 2 rings (SSSR count). The van der Waals surface area contributed by atoms with Gasteiger partial charge in [-0.05, 0) is 37.5 Å². The van der Waals surface area contributed by atoms with E-state index in [-0.39, 0.29) is 5.91 Å². The smallest absolute Gasteiger partial charge is 0.255 e. The number of nitrogens with zero attached hydrogens (tertiary/aromatic N) is 1. The van der Waals surface area contributed by atoms with Gasteiger partial charge in [-0.2, -0.15) is 0 Å². The Morgan fingerprint density at radius 1 is 1.44 bits per heavy atom. The second-order valence-electron chi connectivity index (χ2n) is 4.40. The molecule has 1 aromatic carbocycles. The second-order valence-corrected chi connectivity index (χ2v) is 6.51. The molecule has 0 spiro atoms. The molecule has 0 aromatic heterocycles. The van der Waals surface area contributed by atoms with E-state index in [1.807, 2.05) is 11.0 Å². The molecule has 5 heteroatoms. The minimum Gasteiger partial charge on any atom is -0.335 e. The van der Waals surface area contributed by atoms with Gasteiger partial charge in [-0.3, -0.25) is 4.79 Å². The van der Waals surface area contributed by atoms with Crippen LogP contribution in [0.2, 0.25) is 5.02 Å². The summed E-state index contributed by atoms with van der Waals surface area (Å²) in [7, 11) is 0. The van der Waals surface area contributed by atoms with E-state index >= 15 is 0 Å². The monoisotopic (exact) mass is 393 g/mol. The van der Waals surface area contributed by atoms with Crippen molar-refractivity contribution in [1.29, 1.82) is 0 Å². The number of carbonyl (C=O) groups excluding carboxylic acids is 1. The Kier molecular flexibility index (Phi) is 5.10. The highest BCUT2D eigenvalue weighted by molar-refractivity contribution is 9.10. The van der Waals surface area contributed by atoms with Crippen LogP contribution in [0.15, 0.2) is 22.7 Å². The van der Waals surface area contributed by atoms with Crippen molar-refractivity contribution in [3.05, 3.63) is 33.3 Å². The van der Waals surface area contributed by atoms with Crippen LogP contribution < -0.4 is 0 Å². The van der Waals surface area contributed by atoms with Gasteiger partial charge in [0.15, 0.2) is 0 Å². The zero-order valence-corrected chi connectivity index (χ0v) is 13.8. The number of hydrogen-bond acceptors (Lipinski definition) is 1. The minimum absolute atomic E-state index is 0.0386. The first-order valence-corrected chi connectivity index (χ1v) is 8.24. The number of halogens is 3. The van der Waals surface area contributed by atoms with Crippen LogP contribution in [0.25, 0.3) is 0 Å². The maximum absolute atomic E-state index is 12.5. The fraction of sp³-hybridized carbons (Fsp3) is 0.462. The van der Waals surface area contributed by atoms with E-state index in [4.69, 9.17) is 11.6 Å². The van der Waals surface area contributed by atoms with E-state index in [9.17, 15) is 4.79 Å². The highest BCUT2D eigenvalue weighted by Gasteiger charge is 2.29. The average molecular weight is 396 g/mol. The summed E-state index contributed by atoms with van der Waals surface area (Å²) in [6.07, 6.45) is 3.42. The number of rotatable bonds is 4. The van der Waals surface area contributed by atoms with Gasteiger partial charge in [0.05, 0.1) is 10.6 Å². The van der Waals surface area contributed by atoms with E-state index in [0.29, 0.717) is 16.6 Å². The zero-order chi connectivity index (χ0) is 13.1. The Labute approximate surface area is 129 Å². The van der Waals surface area contributed by atoms with Crippen molar-refractivity contribution in [2.24, 2.45) is 0 Å². The molecule has 1 fully saturated rings. The minimum atomic E-state index is 0.0386. The fourth-order valence-corrected chi connectivity index (χ4v) is 3.19. The second kappa shape index (κ2) is 6.40. The SMILES string of the molecule is O=C(c1ccc(Br)cc1Cl)N(CCBr)C1CCC1. The van der Waals surface area contributed by atoms with Crippen LogP contribution in [0.1, 0.15) is 29.6 Å². The Bertz CT molecular complexity index is 449. The van der Waals surface area contributed by atoms with Gasteiger partial charge in [0.1, 0.15) is 0 Å². The van der Waals surface area contributed by atoms with Gasteiger partial charge in [-0.25, -0.2) is 0 Å². The summed E-state index contributed by atoms with van der Waals surface area (Å²) in [6.45, 7) is 0.732. The molecule has 0 radical (unpaired) electrons. The maximum Gasteiger partial charge on any atom is 0.255 e. The molecule has 1 saturated carbocycles. The van der Waals surface area contributed by atoms with Crippen LogP contribution in [0.3, 0.4) is 0 Å². The van der Waals surface area contributed by atoms with E-state index in [1.54, 1.807) is 12.1 Å². The van der Waals surface area contributed by atoms with Crippen molar-refractivity contribution in [2.75, 3.05) is 11.9 Å². The van der Waals surface area contributed by atoms with Crippen LogP contribution in [-0.4, -0.2) is 28.7 Å². The average Bonchev–Trinajstić information content (AvgIpc) is 2.25. The Balaban J connectivity index is 2.21. The standard InChI is InChI=1S/C13H14Br2ClNO/c14-6-7-17(10-2-1-3-10)13(18)11-5-4-9(15)8-12(11)16/h4-5,8,10H,1-3,6-7H2. The Morgan fingerprint density at radius 3 is 2.67 bits per heavy atom. The van der Waals surface area contributed by atoms with Crippen molar-refractivity contribution in [3.8, 4) is 0 Å². The number of alkyl halides is 1. The molecule has 1 aromatic rings. The van der Waals surface area contributed by atoms with Gasteiger partial charge in [0.2, 0.25) is 0 Å². The summed E-state index contributed by atoms with van der Waals surface area (Å²) in [4.78, 5) is 14.4. The molecule has 0 aliphatic heterocycles. The van der Waals surface area contributed by atoms with Crippen molar-refractivity contribution in [1.82, 2.24) is 4.90 Å². The Morgan fingerprint density at radius 2 is 2.17 bits per heavy atom. The first kappa shape index (κ1) is 14.4. The zero-order valence-electron chi connectivity index (χ0n) is 9.83. The number of amides is 1. The van der Waals surface area contributed by atoms with Crippen LogP contribution in [0, 0.1) is 0 Å². The number of carbonyl (C=O) groups is 1. The molecule has 1 aliphatic rings. The van der Waals surface area contributed by atoms with Crippen molar-refractivity contribution in [3.63, 3.8) is 0 Å². The largest absolute Gasteiger partial charge is 0.335 e. The lowest BCUT2D eigenvalue weighted by atomic mass is 9.91. The summed E-state index contributed by atoms with van der Waals surface area (Å²) in [5.74, 6) is 0.0386. The molecular weight excluding hydrogens is 381 g/mol. The lowest BCUT2D eigenvalue weighted by molar-refractivity contribution is 0.0600. The molecule has 0 N–H and O–H groups in total. The molecular formula is C13H14Br2ClNO. The highest BCUT2D eigenvalue weighted by atomic mass is 79.9.